The van der Waals surface area contributed by atoms with Crippen molar-refractivity contribution in [2.75, 3.05) is 19.1 Å². The number of hydrogen-bond acceptors (Lipinski definition) is 7. The van der Waals surface area contributed by atoms with Crippen molar-refractivity contribution in [3.05, 3.63) is 58.1 Å². The van der Waals surface area contributed by atoms with Crippen molar-refractivity contribution >= 4 is 19.0 Å². The first-order valence-electron chi connectivity index (χ1n) is 8.13. The molecular formula is C17H18F3N2O6P. The number of nitrogens with zero attached hydrogens (tertiary/aromatic N) is 1. The van der Waals surface area contributed by atoms with Gasteiger partial charge in [-0.05, 0) is 37.3 Å². The second kappa shape index (κ2) is 8.81. The molecule has 0 aliphatic rings. The number of hydrogen-bond donors (Lipinski definition) is 1. The third kappa shape index (κ3) is 6.45. The van der Waals surface area contributed by atoms with Crippen LogP contribution < -0.4 is 10.1 Å². The Morgan fingerprint density at radius 1 is 1.14 bits per heavy atom. The topological polar surface area (TPSA) is 99.9 Å². The minimum absolute atomic E-state index is 0.00279. The zero-order valence-electron chi connectivity index (χ0n) is 15.6. The molecule has 29 heavy (non-hydrogen) atoms. The first-order chi connectivity index (χ1) is 13.4. The van der Waals surface area contributed by atoms with Crippen molar-refractivity contribution in [1.82, 2.24) is 0 Å². The highest BCUT2D eigenvalue weighted by Gasteiger charge is 2.30. The number of anilines is 1. The smallest absolute Gasteiger partial charge is 0.416 e. The van der Waals surface area contributed by atoms with Crippen LogP contribution in [0.5, 0.6) is 11.5 Å². The average molecular weight is 434 g/mol. The number of halogens is 3. The standard InChI is InChI=1S/C17H18F3N2O6P/c1-11(28-29(3,25)26-2)21-15-10-14(8-9-16(15)22(23)24)27-13-6-4-12(5-7-13)17(18,19)20/h4-11,21H,1-3H3. The molecule has 2 rings (SSSR count). The second-order valence-corrected chi connectivity index (χ2v) is 8.02. The lowest BCUT2D eigenvalue weighted by Gasteiger charge is -2.20. The Morgan fingerprint density at radius 2 is 1.72 bits per heavy atom. The van der Waals surface area contributed by atoms with Crippen LogP contribution in [0.4, 0.5) is 24.5 Å². The van der Waals surface area contributed by atoms with E-state index in [0.717, 1.165) is 30.3 Å². The Bertz CT molecular complexity index is 920. The molecule has 0 radical (unpaired) electrons. The number of rotatable bonds is 8. The minimum Gasteiger partial charge on any atom is -0.457 e. The van der Waals surface area contributed by atoms with E-state index in [1.807, 2.05) is 0 Å². The first-order valence-corrected chi connectivity index (χ1v) is 10.1. The van der Waals surface area contributed by atoms with Gasteiger partial charge < -0.3 is 14.6 Å². The lowest BCUT2D eigenvalue weighted by atomic mass is 10.2. The quantitative estimate of drug-likeness (QED) is 0.248. The van der Waals surface area contributed by atoms with Gasteiger partial charge in [0.15, 0.2) is 0 Å². The molecule has 0 aliphatic heterocycles. The SMILES string of the molecule is COP(C)(=O)OC(C)Nc1cc(Oc2ccc(C(F)(F)F)cc2)ccc1[N+](=O)[O-]. The molecule has 2 aromatic rings. The van der Waals surface area contributed by atoms with Crippen LogP contribution in [0.15, 0.2) is 42.5 Å². The van der Waals surface area contributed by atoms with E-state index in [9.17, 15) is 27.9 Å². The highest BCUT2D eigenvalue weighted by atomic mass is 31.2. The fraction of sp³-hybridized carbons (Fsp3) is 0.294. The first kappa shape index (κ1) is 22.7. The summed E-state index contributed by atoms with van der Waals surface area (Å²) in [5.74, 6) is 0.246. The van der Waals surface area contributed by atoms with Gasteiger partial charge in [-0.25, -0.2) is 0 Å². The van der Waals surface area contributed by atoms with Crippen LogP contribution in [0.3, 0.4) is 0 Å². The summed E-state index contributed by atoms with van der Waals surface area (Å²) in [5, 5.41) is 13.9. The van der Waals surface area contributed by atoms with Crippen LogP contribution in [-0.2, 0) is 19.8 Å². The van der Waals surface area contributed by atoms with Gasteiger partial charge >= 0.3 is 13.8 Å². The van der Waals surface area contributed by atoms with E-state index in [1.165, 1.54) is 32.8 Å². The number of nitro benzene ring substituents is 1. The molecule has 0 spiro atoms. The Labute approximate surface area is 164 Å². The summed E-state index contributed by atoms with van der Waals surface area (Å²) in [6.07, 6.45) is -5.38. The third-order valence-corrected chi connectivity index (χ3v) is 4.98. The van der Waals surface area contributed by atoms with Crippen molar-refractivity contribution in [2.45, 2.75) is 19.3 Å². The van der Waals surface area contributed by atoms with Gasteiger partial charge in [0.05, 0.1) is 10.5 Å². The molecule has 2 unspecified atom stereocenters. The normalized spacial score (nSPS) is 14.7. The Morgan fingerprint density at radius 3 is 2.24 bits per heavy atom. The fourth-order valence-electron chi connectivity index (χ4n) is 2.28. The van der Waals surface area contributed by atoms with Crippen molar-refractivity contribution in [1.29, 1.82) is 0 Å². The monoisotopic (exact) mass is 434 g/mol. The lowest BCUT2D eigenvalue weighted by Crippen LogP contribution is -2.18. The molecule has 0 saturated heterocycles. The van der Waals surface area contributed by atoms with E-state index >= 15 is 0 Å². The van der Waals surface area contributed by atoms with Crippen molar-refractivity contribution in [3.8, 4) is 11.5 Å². The summed E-state index contributed by atoms with van der Waals surface area (Å²) in [6, 6.07) is 7.73. The molecular weight excluding hydrogens is 416 g/mol. The predicted octanol–water partition coefficient (Wildman–Crippen LogP) is 5.65. The van der Waals surface area contributed by atoms with Crippen LogP contribution >= 0.6 is 7.60 Å². The maximum absolute atomic E-state index is 12.6. The molecule has 0 saturated carbocycles. The molecule has 2 aromatic carbocycles. The fourth-order valence-corrected chi connectivity index (χ4v) is 2.99. The van der Waals surface area contributed by atoms with Gasteiger partial charge in [-0.15, -0.1) is 0 Å². The molecule has 0 amide bonds. The second-order valence-electron chi connectivity index (χ2n) is 5.91. The molecule has 0 fully saturated rings. The Hall–Kier alpha value is -2.62. The van der Waals surface area contributed by atoms with Gasteiger partial charge in [0, 0.05) is 25.9 Å². The maximum atomic E-state index is 12.6. The highest BCUT2D eigenvalue weighted by Crippen LogP contribution is 2.44. The Kier molecular flexibility index (Phi) is 6.89. The molecule has 0 aliphatic carbocycles. The number of benzene rings is 2. The summed E-state index contributed by atoms with van der Waals surface area (Å²) in [6.45, 7) is 2.71. The highest BCUT2D eigenvalue weighted by molar-refractivity contribution is 7.52. The molecule has 0 aromatic heterocycles. The molecule has 2 atom stereocenters. The average Bonchev–Trinajstić information content (AvgIpc) is 2.61. The number of nitro groups is 1. The maximum Gasteiger partial charge on any atom is 0.416 e. The van der Waals surface area contributed by atoms with Crippen molar-refractivity contribution < 1.29 is 36.4 Å². The van der Waals surface area contributed by atoms with Gasteiger partial charge in [0.25, 0.3) is 5.69 Å². The van der Waals surface area contributed by atoms with Crippen molar-refractivity contribution in [2.24, 2.45) is 0 Å². The summed E-state index contributed by atoms with van der Waals surface area (Å²) in [5.41, 5.74) is -1.13. The van der Waals surface area contributed by atoms with E-state index in [0.29, 0.717) is 0 Å². The third-order valence-electron chi connectivity index (χ3n) is 3.62. The van der Waals surface area contributed by atoms with Gasteiger partial charge in [0.2, 0.25) is 0 Å². The molecule has 0 heterocycles. The Balaban J connectivity index is 2.23. The molecule has 12 heteroatoms. The lowest BCUT2D eigenvalue weighted by molar-refractivity contribution is -0.384. The van der Waals surface area contributed by atoms with Crippen LogP contribution in [0.1, 0.15) is 12.5 Å². The number of ether oxygens (including phenoxy) is 1. The minimum atomic E-state index is -4.47. The van der Waals surface area contributed by atoms with E-state index in [2.05, 4.69) is 5.32 Å². The number of alkyl halides is 3. The van der Waals surface area contributed by atoms with Crippen LogP contribution in [-0.4, -0.2) is 24.9 Å². The molecule has 158 valence electrons. The largest absolute Gasteiger partial charge is 0.457 e. The zero-order chi connectivity index (χ0) is 21.8. The van der Waals surface area contributed by atoms with Crippen LogP contribution in [0, 0.1) is 10.1 Å². The molecule has 0 bridgehead atoms. The van der Waals surface area contributed by atoms with Gasteiger partial charge in [0.1, 0.15) is 23.4 Å². The van der Waals surface area contributed by atoms with Crippen LogP contribution in [0.2, 0.25) is 0 Å². The van der Waals surface area contributed by atoms with Gasteiger partial charge in [-0.1, -0.05) is 0 Å². The van der Waals surface area contributed by atoms with Gasteiger partial charge in [-0.3, -0.25) is 19.2 Å². The zero-order valence-corrected chi connectivity index (χ0v) is 16.5. The summed E-state index contributed by atoms with van der Waals surface area (Å²) in [4.78, 5) is 10.6. The summed E-state index contributed by atoms with van der Waals surface area (Å²) < 4.78 is 65.1. The number of nitrogens with one attached hydrogen (secondary N) is 1. The van der Waals surface area contributed by atoms with Crippen molar-refractivity contribution in [3.63, 3.8) is 0 Å². The van der Waals surface area contributed by atoms with Gasteiger partial charge in [-0.2, -0.15) is 13.2 Å². The van der Waals surface area contributed by atoms with E-state index in [4.69, 9.17) is 13.8 Å². The van der Waals surface area contributed by atoms with E-state index in [1.54, 1.807) is 0 Å². The van der Waals surface area contributed by atoms with E-state index < -0.39 is 30.5 Å². The molecule has 8 nitrogen and oxygen atoms in total. The molecule has 1 N–H and O–H groups in total. The summed E-state index contributed by atoms with van der Waals surface area (Å²) in [7, 11) is -2.14. The summed E-state index contributed by atoms with van der Waals surface area (Å²) >= 11 is 0. The van der Waals surface area contributed by atoms with E-state index in [-0.39, 0.29) is 22.9 Å². The van der Waals surface area contributed by atoms with Crippen LogP contribution in [0.25, 0.3) is 0 Å². The predicted molar refractivity (Wildman–Crippen MR) is 99.3 cm³/mol.